The lowest BCUT2D eigenvalue weighted by molar-refractivity contribution is 0.104. The van der Waals surface area contributed by atoms with Crippen molar-refractivity contribution in [3.63, 3.8) is 0 Å². The summed E-state index contributed by atoms with van der Waals surface area (Å²) in [6.07, 6.45) is 3.16. The number of benzene rings is 2. The molecule has 2 aromatic carbocycles. The number of phenols is 1. The van der Waals surface area contributed by atoms with Gasteiger partial charge in [-0.3, -0.25) is 4.79 Å². The Bertz CT molecular complexity index is 682. The van der Waals surface area contributed by atoms with E-state index in [1.165, 1.54) is 13.2 Å². The highest BCUT2D eigenvalue weighted by molar-refractivity contribution is 6.10. The third-order valence-corrected chi connectivity index (χ3v) is 3.20. The van der Waals surface area contributed by atoms with E-state index in [9.17, 15) is 9.90 Å². The molecule has 0 aliphatic heterocycles. The molecule has 108 valence electrons. The van der Waals surface area contributed by atoms with Crippen LogP contribution in [0.2, 0.25) is 0 Å². The van der Waals surface area contributed by atoms with Crippen molar-refractivity contribution in [1.82, 2.24) is 0 Å². The Morgan fingerprint density at radius 2 is 1.76 bits per heavy atom. The van der Waals surface area contributed by atoms with Gasteiger partial charge in [-0.2, -0.15) is 0 Å². The average Bonchev–Trinajstić information content (AvgIpc) is 2.45. The monoisotopic (exact) mass is 282 g/mol. The van der Waals surface area contributed by atoms with Crippen LogP contribution in [0.1, 0.15) is 27.0 Å². The van der Waals surface area contributed by atoms with Crippen LogP contribution in [0, 0.1) is 13.8 Å². The zero-order chi connectivity index (χ0) is 15.4. The minimum atomic E-state index is -0.287. The van der Waals surface area contributed by atoms with Crippen molar-refractivity contribution in [2.45, 2.75) is 13.8 Å². The molecule has 0 heterocycles. The van der Waals surface area contributed by atoms with Crippen LogP contribution in [0.15, 0.2) is 42.5 Å². The summed E-state index contributed by atoms with van der Waals surface area (Å²) in [5.74, 6) is 0.0291. The van der Waals surface area contributed by atoms with Gasteiger partial charge in [0.1, 0.15) is 17.1 Å². The van der Waals surface area contributed by atoms with Crippen LogP contribution >= 0.6 is 0 Å². The van der Waals surface area contributed by atoms with Crippen LogP contribution in [0.25, 0.3) is 6.08 Å². The fraction of sp³-hybridized carbons (Fsp3) is 0.167. The maximum absolute atomic E-state index is 12.3. The van der Waals surface area contributed by atoms with E-state index in [2.05, 4.69) is 0 Å². The molecule has 2 aromatic rings. The Hall–Kier alpha value is -2.55. The second kappa shape index (κ2) is 6.27. The zero-order valence-electron chi connectivity index (χ0n) is 12.4. The van der Waals surface area contributed by atoms with Crippen molar-refractivity contribution in [3.8, 4) is 11.5 Å². The van der Waals surface area contributed by atoms with Gasteiger partial charge in [-0.15, -0.1) is 0 Å². The Morgan fingerprint density at radius 1 is 1.10 bits per heavy atom. The number of ether oxygens (including phenoxy) is 1. The largest absolute Gasteiger partial charge is 0.507 e. The molecule has 0 atom stereocenters. The first-order valence-corrected chi connectivity index (χ1v) is 6.68. The summed E-state index contributed by atoms with van der Waals surface area (Å²) in [5, 5.41) is 9.97. The second-order valence-corrected chi connectivity index (χ2v) is 4.97. The Kier molecular flexibility index (Phi) is 4.43. The van der Waals surface area contributed by atoms with E-state index in [0.717, 1.165) is 16.7 Å². The quantitative estimate of drug-likeness (QED) is 0.683. The number of aromatic hydroxyl groups is 1. The smallest absolute Gasteiger partial charge is 0.193 e. The van der Waals surface area contributed by atoms with Gasteiger partial charge in [0.15, 0.2) is 5.78 Å². The molecule has 0 fully saturated rings. The van der Waals surface area contributed by atoms with Crippen LogP contribution in [0.3, 0.4) is 0 Å². The molecule has 0 amide bonds. The summed E-state index contributed by atoms with van der Waals surface area (Å²) < 4.78 is 5.18. The Labute approximate surface area is 124 Å². The van der Waals surface area contributed by atoms with Gasteiger partial charge in [-0.05, 0) is 43.2 Å². The van der Waals surface area contributed by atoms with Gasteiger partial charge in [0, 0.05) is 0 Å². The topological polar surface area (TPSA) is 46.5 Å². The maximum Gasteiger partial charge on any atom is 0.193 e. The molecule has 0 spiro atoms. The van der Waals surface area contributed by atoms with Gasteiger partial charge in [-0.1, -0.05) is 35.9 Å². The molecule has 2 rings (SSSR count). The van der Waals surface area contributed by atoms with Crippen LogP contribution in [-0.2, 0) is 0 Å². The Balaban J connectivity index is 2.30. The standard InChI is InChI=1S/C18H18O3/c1-12-4-6-14(7-5-12)8-9-15(19)18-16(20)10-13(2)11-17(18)21-3/h4-11,20H,1-3H3/b9-8+. The summed E-state index contributed by atoms with van der Waals surface area (Å²) in [7, 11) is 1.48. The highest BCUT2D eigenvalue weighted by Gasteiger charge is 2.15. The highest BCUT2D eigenvalue weighted by Crippen LogP contribution is 2.30. The summed E-state index contributed by atoms with van der Waals surface area (Å²) in [4.78, 5) is 12.3. The van der Waals surface area contributed by atoms with E-state index in [1.54, 1.807) is 18.2 Å². The number of methoxy groups -OCH3 is 1. The van der Waals surface area contributed by atoms with Gasteiger partial charge in [-0.25, -0.2) is 0 Å². The first kappa shape index (κ1) is 14.9. The summed E-state index contributed by atoms with van der Waals surface area (Å²) in [5.41, 5.74) is 3.12. The molecule has 0 unspecified atom stereocenters. The lowest BCUT2D eigenvalue weighted by Crippen LogP contribution is -2.00. The van der Waals surface area contributed by atoms with E-state index < -0.39 is 0 Å². The van der Waals surface area contributed by atoms with Crippen molar-refractivity contribution >= 4 is 11.9 Å². The third kappa shape index (κ3) is 3.51. The molecule has 3 nitrogen and oxygen atoms in total. The maximum atomic E-state index is 12.3. The fourth-order valence-corrected chi connectivity index (χ4v) is 2.08. The molecule has 0 radical (unpaired) electrons. The molecule has 0 aliphatic carbocycles. The van der Waals surface area contributed by atoms with E-state index >= 15 is 0 Å². The molecule has 0 aromatic heterocycles. The van der Waals surface area contributed by atoms with E-state index in [0.29, 0.717) is 5.75 Å². The number of carbonyl (C=O) groups excluding carboxylic acids is 1. The molecule has 0 saturated carbocycles. The van der Waals surface area contributed by atoms with Crippen molar-refractivity contribution in [1.29, 1.82) is 0 Å². The minimum absolute atomic E-state index is 0.0644. The summed E-state index contributed by atoms with van der Waals surface area (Å²) in [6, 6.07) is 11.1. The molecular weight excluding hydrogens is 264 g/mol. The SMILES string of the molecule is COc1cc(C)cc(O)c1C(=O)/C=C/c1ccc(C)cc1. The minimum Gasteiger partial charge on any atom is -0.507 e. The van der Waals surface area contributed by atoms with Gasteiger partial charge < -0.3 is 9.84 Å². The zero-order valence-corrected chi connectivity index (χ0v) is 12.4. The number of aryl methyl sites for hydroxylation is 2. The molecule has 0 bridgehead atoms. The average molecular weight is 282 g/mol. The number of rotatable bonds is 4. The van der Waals surface area contributed by atoms with Crippen LogP contribution < -0.4 is 4.74 Å². The molecule has 0 saturated heterocycles. The molecule has 1 N–H and O–H groups in total. The number of phenolic OH excluding ortho intramolecular Hbond substituents is 1. The number of hydrogen-bond acceptors (Lipinski definition) is 3. The van der Waals surface area contributed by atoms with E-state index in [-0.39, 0.29) is 17.1 Å². The van der Waals surface area contributed by atoms with E-state index in [4.69, 9.17) is 4.74 Å². The highest BCUT2D eigenvalue weighted by atomic mass is 16.5. The van der Waals surface area contributed by atoms with Crippen LogP contribution in [-0.4, -0.2) is 18.0 Å². The predicted molar refractivity (Wildman–Crippen MR) is 83.9 cm³/mol. The number of ketones is 1. The fourth-order valence-electron chi connectivity index (χ4n) is 2.08. The Morgan fingerprint density at radius 3 is 2.38 bits per heavy atom. The summed E-state index contributed by atoms with van der Waals surface area (Å²) in [6.45, 7) is 3.84. The second-order valence-electron chi connectivity index (χ2n) is 4.97. The van der Waals surface area contributed by atoms with Gasteiger partial charge >= 0.3 is 0 Å². The predicted octanol–water partition coefficient (Wildman–Crippen LogP) is 3.91. The van der Waals surface area contributed by atoms with Crippen molar-refractivity contribution in [2.24, 2.45) is 0 Å². The first-order valence-electron chi connectivity index (χ1n) is 6.68. The summed E-state index contributed by atoms with van der Waals surface area (Å²) >= 11 is 0. The molecule has 3 heteroatoms. The normalized spacial score (nSPS) is 10.8. The molecular formula is C18H18O3. The van der Waals surface area contributed by atoms with Crippen LogP contribution in [0.4, 0.5) is 0 Å². The van der Waals surface area contributed by atoms with Gasteiger partial charge in [0.2, 0.25) is 0 Å². The van der Waals surface area contributed by atoms with Gasteiger partial charge in [0.25, 0.3) is 0 Å². The number of allylic oxidation sites excluding steroid dienone is 1. The number of hydrogen-bond donors (Lipinski definition) is 1. The number of carbonyl (C=O) groups is 1. The van der Waals surface area contributed by atoms with Crippen molar-refractivity contribution in [3.05, 3.63) is 64.7 Å². The van der Waals surface area contributed by atoms with Crippen molar-refractivity contribution < 1.29 is 14.6 Å². The lowest BCUT2D eigenvalue weighted by atomic mass is 10.0. The van der Waals surface area contributed by atoms with E-state index in [1.807, 2.05) is 38.1 Å². The van der Waals surface area contributed by atoms with Crippen LogP contribution in [0.5, 0.6) is 11.5 Å². The lowest BCUT2D eigenvalue weighted by Gasteiger charge is -2.09. The van der Waals surface area contributed by atoms with Crippen molar-refractivity contribution in [2.75, 3.05) is 7.11 Å². The van der Waals surface area contributed by atoms with Gasteiger partial charge in [0.05, 0.1) is 7.11 Å². The molecule has 0 aliphatic rings. The first-order chi connectivity index (χ1) is 10.0. The third-order valence-electron chi connectivity index (χ3n) is 3.20. The molecule has 21 heavy (non-hydrogen) atoms.